The predicted molar refractivity (Wildman–Crippen MR) is 165 cm³/mol. The van der Waals surface area contributed by atoms with Crippen LogP contribution < -0.4 is 16.2 Å². The summed E-state index contributed by atoms with van der Waals surface area (Å²) in [6.45, 7) is 3.83. The maximum Gasteiger partial charge on any atom is 0.254 e. The molecule has 0 bridgehead atoms. The molecule has 1 amide bonds. The lowest BCUT2D eigenvalue weighted by atomic mass is 9.97. The van der Waals surface area contributed by atoms with Gasteiger partial charge >= 0.3 is 0 Å². The Kier molecular flexibility index (Phi) is 8.04. The SMILES string of the molecule is COc1cc(C(=O)N2CCC[C@@H](CN)C2)cc2nc(-c3cc4cccc(CCCCCN)c4n3CC3CC3)n(C)c12. The molecule has 1 atom stereocenters. The summed E-state index contributed by atoms with van der Waals surface area (Å²) in [6.07, 6.45) is 9.04. The van der Waals surface area contributed by atoms with Gasteiger partial charge in [0.15, 0.2) is 5.82 Å². The van der Waals surface area contributed by atoms with Gasteiger partial charge in [-0.1, -0.05) is 24.6 Å². The lowest BCUT2D eigenvalue weighted by Crippen LogP contribution is -2.42. The topological polar surface area (TPSA) is 104 Å². The second-order valence-corrected chi connectivity index (χ2v) is 12.1. The van der Waals surface area contributed by atoms with Crippen molar-refractivity contribution >= 4 is 27.8 Å². The number of aryl methyl sites for hydroxylation is 2. The van der Waals surface area contributed by atoms with E-state index in [9.17, 15) is 4.79 Å². The maximum atomic E-state index is 13.6. The summed E-state index contributed by atoms with van der Waals surface area (Å²) in [5, 5.41) is 1.26. The molecule has 4 aromatic rings. The molecule has 1 aliphatic heterocycles. The molecule has 3 heterocycles. The summed E-state index contributed by atoms with van der Waals surface area (Å²) in [6, 6.07) is 12.8. The van der Waals surface area contributed by atoms with Gasteiger partial charge in [-0.05, 0) is 93.6 Å². The van der Waals surface area contributed by atoms with Crippen LogP contribution in [0.2, 0.25) is 0 Å². The lowest BCUT2D eigenvalue weighted by molar-refractivity contribution is 0.0678. The van der Waals surface area contributed by atoms with Crippen LogP contribution in [0.4, 0.5) is 0 Å². The van der Waals surface area contributed by atoms with E-state index < -0.39 is 0 Å². The molecule has 0 spiro atoms. The summed E-state index contributed by atoms with van der Waals surface area (Å²) in [5.41, 5.74) is 17.8. The van der Waals surface area contributed by atoms with Gasteiger partial charge in [0, 0.05) is 37.6 Å². The Balaban J connectivity index is 1.42. The number of piperidine rings is 1. The van der Waals surface area contributed by atoms with Gasteiger partial charge < -0.3 is 30.2 Å². The first-order chi connectivity index (χ1) is 20.0. The van der Waals surface area contributed by atoms with Crippen molar-refractivity contribution < 1.29 is 9.53 Å². The van der Waals surface area contributed by atoms with Crippen molar-refractivity contribution in [3.05, 3.63) is 47.5 Å². The Morgan fingerprint density at radius 2 is 1.90 bits per heavy atom. The van der Waals surface area contributed by atoms with Crippen molar-refractivity contribution in [3.8, 4) is 17.3 Å². The van der Waals surface area contributed by atoms with Crippen LogP contribution in [0.3, 0.4) is 0 Å². The molecule has 0 radical (unpaired) electrons. The van der Waals surface area contributed by atoms with Crippen LogP contribution in [0, 0.1) is 11.8 Å². The number of methoxy groups -OCH3 is 1. The zero-order chi connectivity index (χ0) is 28.5. The summed E-state index contributed by atoms with van der Waals surface area (Å²) in [7, 11) is 3.72. The number of carbonyl (C=O) groups excluding carboxylic acids is 1. The first-order valence-corrected chi connectivity index (χ1v) is 15.4. The average molecular weight is 557 g/mol. The molecule has 0 unspecified atom stereocenters. The smallest absolute Gasteiger partial charge is 0.254 e. The zero-order valence-electron chi connectivity index (χ0n) is 24.6. The number of para-hydroxylation sites is 1. The van der Waals surface area contributed by atoms with E-state index in [4.69, 9.17) is 21.2 Å². The highest BCUT2D eigenvalue weighted by atomic mass is 16.5. The minimum Gasteiger partial charge on any atom is -0.494 e. The van der Waals surface area contributed by atoms with Gasteiger partial charge in [0.1, 0.15) is 11.3 Å². The Morgan fingerprint density at radius 3 is 2.66 bits per heavy atom. The van der Waals surface area contributed by atoms with Gasteiger partial charge in [-0.25, -0.2) is 4.98 Å². The number of hydrogen-bond acceptors (Lipinski definition) is 5. The number of rotatable bonds is 11. The Hall–Kier alpha value is -3.36. The number of unbranched alkanes of at least 4 members (excludes halogenated alkanes) is 2. The molecule has 4 N–H and O–H groups in total. The second-order valence-electron chi connectivity index (χ2n) is 12.1. The first-order valence-electron chi connectivity index (χ1n) is 15.4. The van der Waals surface area contributed by atoms with Crippen LogP contribution in [-0.2, 0) is 20.0 Å². The van der Waals surface area contributed by atoms with Crippen molar-refractivity contribution in [1.82, 2.24) is 19.0 Å². The number of aromatic nitrogens is 3. The molecule has 8 nitrogen and oxygen atoms in total. The van der Waals surface area contributed by atoms with Crippen molar-refractivity contribution in [2.24, 2.45) is 30.4 Å². The van der Waals surface area contributed by atoms with E-state index in [2.05, 4.69) is 40.4 Å². The van der Waals surface area contributed by atoms with E-state index in [1.807, 2.05) is 17.0 Å². The molecular weight excluding hydrogens is 512 g/mol. The van der Waals surface area contributed by atoms with E-state index in [0.29, 0.717) is 36.2 Å². The number of nitrogens with zero attached hydrogens (tertiary/aromatic N) is 4. The average Bonchev–Trinajstić information content (AvgIpc) is 3.66. The summed E-state index contributed by atoms with van der Waals surface area (Å²) < 4.78 is 10.5. The number of nitrogens with two attached hydrogens (primary N) is 2. The van der Waals surface area contributed by atoms with E-state index in [1.54, 1.807) is 7.11 Å². The van der Waals surface area contributed by atoms with Gasteiger partial charge in [0.25, 0.3) is 5.91 Å². The highest BCUT2D eigenvalue weighted by Crippen LogP contribution is 2.39. The van der Waals surface area contributed by atoms with Gasteiger partial charge in [-0.2, -0.15) is 0 Å². The highest BCUT2D eigenvalue weighted by molar-refractivity contribution is 6.00. The zero-order valence-corrected chi connectivity index (χ0v) is 24.6. The normalized spacial score (nSPS) is 17.6. The molecule has 218 valence electrons. The van der Waals surface area contributed by atoms with Crippen LogP contribution >= 0.6 is 0 Å². The number of carbonyl (C=O) groups is 1. The Bertz CT molecular complexity index is 1550. The molecule has 41 heavy (non-hydrogen) atoms. The summed E-state index contributed by atoms with van der Waals surface area (Å²) in [5.74, 6) is 2.67. The van der Waals surface area contributed by atoms with Gasteiger partial charge in [0.05, 0.1) is 23.8 Å². The largest absolute Gasteiger partial charge is 0.494 e. The third kappa shape index (κ3) is 5.47. The Labute approximate surface area is 242 Å². The van der Waals surface area contributed by atoms with E-state index in [0.717, 1.165) is 80.7 Å². The third-order valence-corrected chi connectivity index (χ3v) is 9.06. The van der Waals surface area contributed by atoms with Crippen LogP contribution in [-0.4, -0.2) is 58.2 Å². The maximum absolute atomic E-state index is 13.6. The molecule has 8 heteroatoms. The third-order valence-electron chi connectivity index (χ3n) is 9.06. The number of hydrogen-bond donors (Lipinski definition) is 2. The van der Waals surface area contributed by atoms with Gasteiger partial charge in [0.2, 0.25) is 0 Å². The fourth-order valence-electron chi connectivity index (χ4n) is 6.62. The molecule has 2 fully saturated rings. The molecule has 2 aromatic heterocycles. The lowest BCUT2D eigenvalue weighted by Gasteiger charge is -2.32. The molecule has 1 aliphatic carbocycles. The van der Waals surface area contributed by atoms with Crippen LogP contribution in [0.15, 0.2) is 36.4 Å². The van der Waals surface area contributed by atoms with Gasteiger partial charge in [-0.3, -0.25) is 4.79 Å². The van der Waals surface area contributed by atoms with Crippen LogP contribution in [0.5, 0.6) is 5.75 Å². The number of fused-ring (bicyclic) bond motifs is 2. The van der Waals surface area contributed by atoms with E-state index in [-0.39, 0.29) is 5.91 Å². The minimum absolute atomic E-state index is 0.0256. The standard InChI is InChI=1S/C33H44N6O2/c1-37-31-27(16-26(18-29(31)41-2)33(40)38-15-7-8-23(19-35)20-38)36-32(37)28-17-25-11-6-10-24(9-4-3-5-14-34)30(25)39(28)21-22-12-13-22/h6,10-11,16-18,22-23H,3-5,7-9,12-15,19-21,34-35H2,1-2H3/t23-/m0/s1. The van der Waals surface area contributed by atoms with E-state index in [1.165, 1.54) is 29.3 Å². The summed E-state index contributed by atoms with van der Waals surface area (Å²) >= 11 is 0. The number of imidazole rings is 1. The molecule has 6 rings (SSSR count). The molecule has 1 saturated carbocycles. The molecule has 2 aromatic carbocycles. The van der Waals surface area contributed by atoms with E-state index >= 15 is 0 Å². The highest BCUT2D eigenvalue weighted by Gasteiger charge is 2.28. The summed E-state index contributed by atoms with van der Waals surface area (Å²) in [4.78, 5) is 20.7. The quantitative estimate of drug-likeness (QED) is 0.250. The monoisotopic (exact) mass is 556 g/mol. The first kappa shape index (κ1) is 27.8. The van der Waals surface area contributed by atoms with Crippen LogP contribution in [0.25, 0.3) is 33.5 Å². The number of amides is 1. The molecular formula is C33H44N6O2. The van der Waals surface area contributed by atoms with Crippen molar-refractivity contribution in [2.45, 2.75) is 57.9 Å². The number of benzene rings is 2. The fourth-order valence-corrected chi connectivity index (χ4v) is 6.62. The predicted octanol–water partition coefficient (Wildman–Crippen LogP) is 5.10. The number of ether oxygens (including phenoxy) is 1. The van der Waals surface area contributed by atoms with Crippen molar-refractivity contribution in [2.75, 3.05) is 33.3 Å². The van der Waals surface area contributed by atoms with Crippen LogP contribution in [0.1, 0.15) is 60.9 Å². The Morgan fingerprint density at radius 1 is 1.05 bits per heavy atom. The van der Waals surface area contributed by atoms with Gasteiger partial charge in [-0.15, -0.1) is 0 Å². The van der Waals surface area contributed by atoms with Crippen molar-refractivity contribution in [3.63, 3.8) is 0 Å². The fraction of sp³-hybridized carbons (Fsp3) is 0.515. The molecule has 1 saturated heterocycles. The second kappa shape index (κ2) is 11.9. The number of likely N-dealkylation sites (tertiary alicyclic amines) is 1. The molecule has 2 aliphatic rings. The minimum atomic E-state index is 0.0256. The van der Waals surface area contributed by atoms with Crippen molar-refractivity contribution in [1.29, 1.82) is 0 Å².